The lowest BCUT2D eigenvalue weighted by Gasteiger charge is -2.16. The number of fused-ring (bicyclic) bond motifs is 7. The van der Waals surface area contributed by atoms with Crippen molar-refractivity contribution in [1.29, 1.82) is 0 Å². The predicted octanol–water partition coefficient (Wildman–Crippen LogP) is 10.4. The van der Waals surface area contributed by atoms with Gasteiger partial charge in [-0.2, -0.15) is 0 Å². The summed E-state index contributed by atoms with van der Waals surface area (Å²) < 4.78 is 2.46. The lowest BCUT2D eigenvalue weighted by molar-refractivity contribution is 1.18. The first-order valence-corrected chi connectivity index (χ1v) is 13.5. The van der Waals surface area contributed by atoms with Gasteiger partial charge in [0.1, 0.15) is 0 Å². The van der Waals surface area contributed by atoms with Gasteiger partial charge in [-0.1, -0.05) is 115 Å². The average molecular weight is 494 g/mol. The number of hydrogen-bond acceptors (Lipinski definition) is 0. The van der Waals surface area contributed by atoms with E-state index >= 15 is 0 Å². The minimum absolute atomic E-state index is 1.20. The Morgan fingerprint density at radius 1 is 0.333 bits per heavy atom. The van der Waals surface area contributed by atoms with E-state index in [9.17, 15) is 0 Å². The Labute approximate surface area is 226 Å². The van der Waals surface area contributed by atoms with Gasteiger partial charge in [0, 0.05) is 16.3 Å². The second kappa shape index (κ2) is 7.69. The van der Waals surface area contributed by atoms with Crippen molar-refractivity contribution in [2.75, 3.05) is 0 Å². The summed E-state index contributed by atoms with van der Waals surface area (Å²) in [5.74, 6) is 0. The van der Waals surface area contributed by atoms with Crippen molar-refractivity contribution in [1.82, 2.24) is 4.57 Å². The molecule has 0 spiro atoms. The van der Waals surface area contributed by atoms with E-state index in [-0.39, 0.29) is 0 Å². The fourth-order valence-corrected chi connectivity index (χ4v) is 6.85. The molecule has 1 aliphatic carbocycles. The molecule has 0 radical (unpaired) electrons. The first-order valence-electron chi connectivity index (χ1n) is 13.5. The van der Waals surface area contributed by atoms with Crippen LogP contribution in [0.25, 0.3) is 82.4 Å². The van der Waals surface area contributed by atoms with Gasteiger partial charge < -0.3 is 4.57 Å². The molecule has 1 nitrogen and oxygen atoms in total. The predicted molar refractivity (Wildman–Crippen MR) is 166 cm³/mol. The first-order chi connectivity index (χ1) is 19.4. The van der Waals surface area contributed by atoms with E-state index in [2.05, 4.69) is 144 Å². The van der Waals surface area contributed by atoms with Crippen LogP contribution >= 0.6 is 0 Å². The zero-order valence-electron chi connectivity index (χ0n) is 21.2. The van der Waals surface area contributed by atoms with E-state index in [0.29, 0.717) is 0 Å². The van der Waals surface area contributed by atoms with Crippen molar-refractivity contribution in [2.24, 2.45) is 0 Å². The molecule has 0 bridgehead atoms. The molecule has 39 heavy (non-hydrogen) atoms. The second-order valence-electron chi connectivity index (χ2n) is 10.5. The molecular weight excluding hydrogens is 470 g/mol. The summed E-state index contributed by atoms with van der Waals surface area (Å²) in [5.41, 5.74) is 11.5. The molecule has 180 valence electrons. The minimum atomic E-state index is 1.20. The van der Waals surface area contributed by atoms with E-state index in [4.69, 9.17) is 0 Å². The highest BCUT2D eigenvalue weighted by molar-refractivity contribution is 6.19. The lowest BCUT2D eigenvalue weighted by atomic mass is 9.93. The maximum Gasteiger partial charge on any atom is 0.0547 e. The quantitative estimate of drug-likeness (QED) is 0.226. The maximum absolute atomic E-state index is 2.46. The van der Waals surface area contributed by atoms with Crippen LogP contribution in [0.3, 0.4) is 0 Å². The average Bonchev–Trinajstić information content (AvgIpc) is 3.50. The van der Waals surface area contributed by atoms with Crippen LogP contribution in [-0.4, -0.2) is 4.57 Å². The molecule has 0 atom stereocenters. The number of para-hydroxylation sites is 2. The van der Waals surface area contributed by atoms with Gasteiger partial charge >= 0.3 is 0 Å². The molecule has 1 aliphatic rings. The van der Waals surface area contributed by atoms with Gasteiger partial charge in [-0.3, -0.25) is 0 Å². The van der Waals surface area contributed by atoms with Gasteiger partial charge in [-0.05, 0) is 73.6 Å². The molecule has 0 unspecified atom stereocenters. The van der Waals surface area contributed by atoms with E-state index in [0.717, 1.165) is 0 Å². The monoisotopic (exact) mass is 493 g/mol. The smallest absolute Gasteiger partial charge is 0.0547 e. The lowest BCUT2D eigenvalue weighted by Crippen LogP contribution is -1.97. The molecule has 0 fully saturated rings. The molecule has 8 aromatic rings. The molecule has 1 heterocycles. The summed E-state index contributed by atoms with van der Waals surface area (Å²) in [6.07, 6.45) is 0. The molecule has 1 aromatic heterocycles. The second-order valence-corrected chi connectivity index (χ2v) is 10.5. The van der Waals surface area contributed by atoms with Crippen LogP contribution in [0.4, 0.5) is 0 Å². The number of benzene rings is 7. The summed E-state index contributed by atoms with van der Waals surface area (Å²) in [6.45, 7) is 0. The number of rotatable bonds is 2. The standard InChI is InChI=1S/C38H23N/c1-2-11-25-23-37-34(22-24(25)10-1)30-15-6-8-19-36(30)39(37)35-18-7-5-14-29(35)28-20-21-33-27-13-4-3-12-26(27)31-16-9-17-32(28)38(31)33/h1-23H. The minimum Gasteiger partial charge on any atom is -0.309 e. The van der Waals surface area contributed by atoms with Crippen LogP contribution in [0, 0.1) is 0 Å². The third kappa shape index (κ3) is 2.79. The van der Waals surface area contributed by atoms with Gasteiger partial charge in [0.05, 0.1) is 16.7 Å². The van der Waals surface area contributed by atoms with E-state index in [1.165, 1.54) is 82.4 Å². The molecule has 1 heteroatoms. The number of nitrogens with zero attached hydrogens (tertiary/aromatic N) is 1. The summed E-state index contributed by atoms with van der Waals surface area (Å²) in [5, 5.41) is 7.76. The molecule has 0 aliphatic heterocycles. The number of aromatic nitrogens is 1. The van der Waals surface area contributed by atoms with Crippen LogP contribution in [0.1, 0.15) is 0 Å². The van der Waals surface area contributed by atoms with E-state index in [1.54, 1.807) is 0 Å². The Hall–Kier alpha value is -5.14. The zero-order chi connectivity index (χ0) is 25.5. The van der Waals surface area contributed by atoms with Gasteiger partial charge in [-0.15, -0.1) is 0 Å². The molecule has 0 N–H and O–H groups in total. The van der Waals surface area contributed by atoms with Crippen molar-refractivity contribution in [2.45, 2.75) is 0 Å². The Balaban J connectivity index is 1.38. The van der Waals surface area contributed by atoms with Crippen LogP contribution in [0.5, 0.6) is 0 Å². The Bertz CT molecular complexity index is 2250. The van der Waals surface area contributed by atoms with Crippen LogP contribution in [0.15, 0.2) is 140 Å². The first kappa shape index (κ1) is 20.9. The maximum atomic E-state index is 2.46. The highest BCUT2D eigenvalue weighted by Gasteiger charge is 2.23. The highest BCUT2D eigenvalue weighted by Crippen LogP contribution is 2.50. The topological polar surface area (TPSA) is 4.93 Å². The third-order valence-corrected chi connectivity index (χ3v) is 8.52. The molecule has 7 aromatic carbocycles. The summed E-state index contributed by atoms with van der Waals surface area (Å²) in [4.78, 5) is 0. The van der Waals surface area contributed by atoms with Crippen LogP contribution in [0.2, 0.25) is 0 Å². The van der Waals surface area contributed by atoms with Crippen LogP contribution in [-0.2, 0) is 0 Å². The van der Waals surface area contributed by atoms with Crippen molar-refractivity contribution in [3.8, 4) is 39.1 Å². The van der Waals surface area contributed by atoms with E-state index in [1.807, 2.05) is 0 Å². The van der Waals surface area contributed by atoms with Gasteiger partial charge in [0.15, 0.2) is 0 Å². The van der Waals surface area contributed by atoms with Gasteiger partial charge in [-0.25, -0.2) is 0 Å². The summed E-state index contributed by atoms with van der Waals surface area (Å²) >= 11 is 0. The van der Waals surface area contributed by atoms with Crippen molar-refractivity contribution < 1.29 is 0 Å². The number of hydrogen-bond donors (Lipinski definition) is 0. The Kier molecular flexibility index (Phi) is 4.11. The van der Waals surface area contributed by atoms with Gasteiger partial charge in [0.25, 0.3) is 0 Å². The van der Waals surface area contributed by atoms with E-state index < -0.39 is 0 Å². The normalized spacial score (nSPS) is 12.1. The molecule has 9 rings (SSSR count). The summed E-state index contributed by atoms with van der Waals surface area (Å²) in [7, 11) is 0. The third-order valence-electron chi connectivity index (χ3n) is 8.52. The molecule has 0 saturated heterocycles. The molecular formula is C38H23N. The Morgan fingerprint density at radius 3 is 1.77 bits per heavy atom. The van der Waals surface area contributed by atoms with Crippen molar-refractivity contribution in [3.63, 3.8) is 0 Å². The Morgan fingerprint density at radius 2 is 0.923 bits per heavy atom. The molecule has 0 amide bonds. The fourth-order valence-electron chi connectivity index (χ4n) is 6.85. The fraction of sp³-hybridized carbons (Fsp3) is 0. The SMILES string of the molecule is c1ccc2c(c1)-c1cccc3c(-c4ccccc4-n4c5ccccc5c5cc6ccccc6cc54)ccc-2c13. The van der Waals surface area contributed by atoms with Crippen LogP contribution < -0.4 is 0 Å². The summed E-state index contributed by atoms with van der Waals surface area (Å²) in [6, 6.07) is 51.3. The molecule has 0 saturated carbocycles. The largest absolute Gasteiger partial charge is 0.309 e. The van der Waals surface area contributed by atoms with Gasteiger partial charge in [0.2, 0.25) is 0 Å². The van der Waals surface area contributed by atoms with Crippen molar-refractivity contribution in [3.05, 3.63) is 140 Å². The highest BCUT2D eigenvalue weighted by atomic mass is 15.0. The van der Waals surface area contributed by atoms with Crippen molar-refractivity contribution >= 4 is 43.4 Å². The zero-order valence-corrected chi connectivity index (χ0v) is 21.2.